The van der Waals surface area contributed by atoms with Crippen LogP contribution in [-0.2, 0) is 17.6 Å². The maximum absolute atomic E-state index is 12.7. The van der Waals surface area contributed by atoms with Crippen LogP contribution in [0.4, 0.5) is 5.69 Å². The first-order valence-corrected chi connectivity index (χ1v) is 8.65. The van der Waals surface area contributed by atoms with Crippen LogP contribution in [0.1, 0.15) is 27.9 Å². The highest BCUT2D eigenvalue weighted by molar-refractivity contribution is 6.08. The number of rotatable bonds is 4. The highest BCUT2D eigenvalue weighted by Gasteiger charge is 2.24. The van der Waals surface area contributed by atoms with E-state index >= 15 is 0 Å². The van der Waals surface area contributed by atoms with Crippen LogP contribution >= 0.6 is 0 Å². The molecular formula is C20H21N3O2. The van der Waals surface area contributed by atoms with Crippen molar-refractivity contribution in [3.8, 4) is 0 Å². The van der Waals surface area contributed by atoms with Crippen LogP contribution in [0, 0.1) is 0 Å². The summed E-state index contributed by atoms with van der Waals surface area (Å²) in [6.45, 7) is 1.30. The molecule has 0 aromatic heterocycles. The van der Waals surface area contributed by atoms with E-state index in [4.69, 9.17) is 10.5 Å². The molecule has 4 rings (SSSR count). The van der Waals surface area contributed by atoms with Gasteiger partial charge in [0.25, 0.3) is 11.9 Å². The summed E-state index contributed by atoms with van der Waals surface area (Å²) in [6, 6.07) is 16.5. The molecule has 0 bridgehead atoms. The Hall–Kier alpha value is -2.82. The first-order valence-electron chi connectivity index (χ1n) is 8.65. The van der Waals surface area contributed by atoms with E-state index in [2.05, 4.69) is 17.1 Å². The highest BCUT2D eigenvalue weighted by Crippen LogP contribution is 2.25. The molecule has 0 aliphatic carbocycles. The number of aryl methyl sites for hydroxylation is 1. The molecule has 0 fully saturated rings. The lowest BCUT2D eigenvalue weighted by molar-refractivity contribution is 0.0980. The second-order valence-electron chi connectivity index (χ2n) is 6.50. The number of amides is 1. The molecule has 1 atom stereocenters. The molecule has 25 heavy (non-hydrogen) atoms. The van der Waals surface area contributed by atoms with Crippen LogP contribution in [-0.4, -0.2) is 31.1 Å². The quantitative estimate of drug-likeness (QED) is 0.933. The van der Waals surface area contributed by atoms with Crippen molar-refractivity contribution in [1.82, 2.24) is 0 Å². The number of amidine groups is 1. The van der Waals surface area contributed by atoms with E-state index in [1.807, 2.05) is 41.3 Å². The van der Waals surface area contributed by atoms with Gasteiger partial charge in [-0.3, -0.25) is 4.79 Å². The summed E-state index contributed by atoms with van der Waals surface area (Å²) in [7, 11) is 0. The predicted molar refractivity (Wildman–Crippen MR) is 97.9 cm³/mol. The van der Waals surface area contributed by atoms with Crippen molar-refractivity contribution in [3.05, 3.63) is 65.2 Å². The maximum Gasteiger partial charge on any atom is 0.282 e. The van der Waals surface area contributed by atoms with Gasteiger partial charge in [-0.25, -0.2) is 4.99 Å². The Kier molecular flexibility index (Phi) is 4.14. The molecule has 0 saturated heterocycles. The van der Waals surface area contributed by atoms with Gasteiger partial charge in [0, 0.05) is 17.8 Å². The van der Waals surface area contributed by atoms with Gasteiger partial charge in [0.15, 0.2) is 0 Å². The monoisotopic (exact) mass is 335 g/mol. The fraction of sp³-hybridized carbons (Fsp3) is 0.300. The van der Waals surface area contributed by atoms with Crippen LogP contribution in [0.3, 0.4) is 0 Å². The molecule has 2 aromatic carbocycles. The summed E-state index contributed by atoms with van der Waals surface area (Å²) < 4.78 is 5.18. The van der Waals surface area contributed by atoms with Crippen molar-refractivity contribution in [2.45, 2.75) is 25.3 Å². The smallest absolute Gasteiger partial charge is 0.282 e. The molecule has 0 radical (unpaired) electrons. The van der Waals surface area contributed by atoms with Gasteiger partial charge in [-0.2, -0.15) is 0 Å². The highest BCUT2D eigenvalue weighted by atomic mass is 16.5. The van der Waals surface area contributed by atoms with Crippen molar-refractivity contribution in [2.24, 2.45) is 10.7 Å². The Morgan fingerprint density at radius 2 is 1.96 bits per heavy atom. The second kappa shape index (κ2) is 6.59. The number of aliphatic imine (C=N–C) groups is 1. The number of anilines is 1. The number of hydrogen-bond acceptors (Lipinski definition) is 4. The van der Waals surface area contributed by atoms with Gasteiger partial charge < -0.3 is 15.4 Å². The number of hydrogen-bond donors (Lipinski definition) is 1. The summed E-state index contributed by atoms with van der Waals surface area (Å²) in [4.78, 5) is 18.8. The Balaban J connectivity index is 1.43. The number of carbonyl (C=O) groups is 1. The Morgan fingerprint density at radius 1 is 1.16 bits per heavy atom. The normalized spacial score (nSPS) is 19.4. The van der Waals surface area contributed by atoms with Gasteiger partial charge in [0.2, 0.25) is 0 Å². The van der Waals surface area contributed by atoms with Crippen molar-refractivity contribution < 1.29 is 9.53 Å². The van der Waals surface area contributed by atoms with Crippen LogP contribution in [0.15, 0.2) is 53.5 Å². The van der Waals surface area contributed by atoms with Crippen LogP contribution < -0.4 is 10.6 Å². The molecule has 1 amide bonds. The van der Waals surface area contributed by atoms with Crippen molar-refractivity contribution in [2.75, 3.05) is 18.1 Å². The van der Waals surface area contributed by atoms with E-state index in [9.17, 15) is 4.79 Å². The average molecular weight is 335 g/mol. The van der Waals surface area contributed by atoms with Crippen LogP contribution in [0.25, 0.3) is 0 Å². The van der Waals surface area contributed by atoms with Gasteiger partial charge in [0.1, 0.15) is 6.61 Å². The third-order valence-corrected chi connectivity index (χ3v) is 4.85. The first-order chi connectivity index (χ1) is 12.2. The number of nitrogens with zero attached hydrogens (tertiary/aromatic N) is 2. The minimum atomic E-state index is 0.0857. The lowest BCUT2D eigenvalue weighted by Crippen LogP contribution is -2.37. The fourth-order valence-electron chi connectivity index (χ4n) is 3.43. The number of nitrogens with two attached hydrogens (primary N) is 1. The van der Waals surface area contributed by atoms with Crippen LogP contribution in [0.5, 0.6) is 0 Å². The Labute approximate surface area is 147 Å². The van der Waals surface area contributed by atoms with E-state index in [1.54, 1.807) is 0 Å². The van der Waals surface area contributed by atoms with Crippen molar-refractivity contribution in [3.63, 3.8) is 0 Å². The zero-order valence-corrected chi connectivity index (χ0v) is 14.0. The predicted octanol–water partition coefficient (Wildman–Crippen LogP) is 2.54. The molecule has 5 nitrogen and oxygen atoms in total. The molecular weight excluding hydrogens is 314 g/mol. The number of ether oxygens (including phenoxy) is 1. The largest absolute Gasteiger partial charge is 0.463 e. The van der Waals surface area contributed by atoms with E-state index < -0.39 is 0 Å². The molecule has 128 valence electrons. The fourth-order valence-corrected chi connectivity index (χ4v) is 3.43. The zero-order valence-electron chi connectivity index (χ0n) is 14.0. The lowest BCUT2D eigenvalue weighted by atomic mass is 9.98. The van der Waals surface area contributed by atoms with Gasteiger partial charge in [-0.1, -0.05) is 30.3 Å². The van der Waals surface area contributed by atoms with E-state index in [0.29, 0.717) is 12.6 Å². The average Bonchev–Trinajstić information content (AvgIpc) is 3.06. The topological polar surface area (TPSA) is 67.9 Å². The summed E-state index contributed by atoms with van der Waals surface area (Å²) in [5.41, 5.74) is 9.67. The maximum atomic E-state index is 12.7. The lowest BCUT2D eigenvalue weighted by Gasteiger charge is -2.28. The zero-order chi connectivity index (χ0) is 17.2. The van der Waals surface area contributed by atoms with Gasteiger partial charge in [-0.05, 0) is 48.6 Å². The van der Waals surface area contributed by atoms with E-state index in [1.165, 1.54) is 5.56 Å². The SMILES string of the molecule is NC1=NC(CCc2ccc(N3CCc4ccccc4C3=O)cc2)CO1. The minimum absolute atomic E-state index is 0.0857. The van der Waals surface area contributed by atoms with E-state index in [-0.39, 0.29) is 11.9 Å². The summed E-state index contributed by atoms with van der Waals surface area (Å²) in [5.74, 6) is 0.0857. The summed E-state index contributed by atoms with van der Waals surface area (Å²) >= 11 is 0. The molecule has 2 aliphatic heterocycles. The molecule has 2 heterocycles. The standard InChI is InChI=1S/C20H21N3O2/c21-20-22-16(13-25-20)8-5-14-6-9-17(10-7-14)23-12-11-15-3-1-2-4-18(15)19(23)24/h1-4,6-7,9-10,16H,5,8,11-13H2,(H2,21,22). The first kappa shape index (κ1) is 15.7. The number of benzene rings is 2. The molecule has 1 unspecified atom stereocenters. The Bertz CT molecular complexity index is 814. The Morgan fingerprint density at radius 3 is 2.72 bits per heavy atom. The summed E-state index contributed by atoms with van der Waals surface area (Å²) in [5, 5.41) is 0. The van der Waals surface area contributed by atoms with Crippen molar-refractivity contribution in [1.29, 1.82) is 0 Å². The molecule has 2 aliphatic rings. The van der Waals surface area contributed by atoms with Crippen molar-refractivity contribution >= 4 is 17.6 Å². The van der Waals surface area contributed by atoms with Gasteiger partial charge in [0.05, 0.1) is 6.04 Å². The molecule has 0 saturated carbocycles. The number of fused-ring (bicyclic) bond motifs is 1. The number of carbonyl (C=O) groups excluding carboxylic acids is 1. The summed E-state index contributed by atoms with van der Waals surface area (Å²) in [6.07, 6.45) is 2.72. The third kappa shape index (κ3) is 3.22. The second-order valence-corrected chi connectivity index (χ2v) is 6.50. The molecule has 2 N–H and O–H groups in total. The van der Waals surface area contributed by atoms with E-state index in [0.717, 1.165) is 42.6 Å². The molecule has 2 aromatic rings. The minimum Gasteiger partial charge on any atom is -0.463 e. The molecule has 5 heteroatoms. The van der Waals surface area contributed by atoms with Gasteiger partial charge in [-0.15, -0.1) is 0 Å². The molecule has 0 spiro atoms. The van der Waals surface area contributed by atoms with Crippen LogP contribution in [0.2, 0.25) is 0 Å². The van der Waals surface area contributed by atoms with Gasteiger partial charge >= 0.3 is 0 Å². The third-order valence-electron chi connectivity index (χ3n) is 4.85.